The first kappa shape index (κ1) is 13.3. The Labute approximate surface area is 107 Å². The van der Waals surface area contributed by atoms with Crippen LogP contribution < -0.4 is 0 Å². The van der Waals surface area contributed by atoms with Gasteiger partial charge in [-0.05, 0) is 5.92 Å². The highest BCUT2D eigenvalue weighted by Gasteiger charge is 2.25. The van der Waals surface area contributed by atoms with Crippen LogP contribution in [0.25, 0.3) is 0 Å². The van der Waals surface area contributed by atoms with Gasteiger partial charge in [-0.3, -0.25) is 9.59 Å². The van der Waals surface area contributed by atoms with Crippen molar-refractivity contribution in [3.8, 4) is 0 Å². The summed E-state index contributed by atoms with van der Waals surface area (Å²) >= 11 is 0. The number of nitrogens with zero attached hydrogens (tertiary/aromatic N) is 2. The van der Waals surface area contributed by atoms with Gasteiger partial charge < -0.3 is 19.3 Å². The van der Waals surface area contributed by atoms with Gasteiger partial charge in [-0.25, -0.2) is 0 Å². The normalized spacial score (nSPS) is 26.1. The summed E-state index contributed by atoms with van der Waals surface area (Å²) in [6.45, 7) is 5.92. The molecule has 0 aromatic carbocycles. The molecule has 0 bridgehead atoms. The predicted octanol–water partition coefficient (Wildman–Crippen LogP) is -0.660. The lowest BCUT2D eigenvalue weighted by molar-refractivity contribution is -0.148. The Balaban J connectivity index is 1.87. The molecule has 0 spiro atoms. The zero-order chi connectivity index (χ0) is 13.0. The molecule has 0 saturated carbocycles. The minimum atomic E-state index is -0.103. The van der Waals surface area contributed by atoms with Crippen molar-refractivity contribution < 1.29 is 19.1 Å². The number of amides is 2. The zero-order valence-electron chi connectivity index (χ0n) is 10.8. The van der Waals surface area contributed by atoms with Crippen molar-refractivity contribution in [2.24, 2.45) is 5.92 Å². The van der Waals surface area contributed by atoms with Gasteiger partial charge in [0.15, 0.2) is 0 Å². The monoisotopic (exact) mass is 256 g/mol. The number of ether oxygens (including phenoxy) is 2. The fourth-order valence-corrected chi connectivity index (χ4v) is 2.19. The number of hydrogen-bond donors (Lipinski definition) is 0. The second-order valence-electron chi connectivity index (χ2n) is 4.89. The lowest BCUT2D eigenvalue weighted by atomic mass is 10.2. The third-order valence-corrected chi connectivity index (χ3v) is 3.20. The summed E-state index contributed by atoms with van der Waals surface area (Å²) in [7, 11) is 0. The third-order valence-electron chi connectivity index (χ3n) is 3.20. The summed E-state index contributed by atoms with van der Waals surface area (Å²) in [4.78, 5) is 27.1. The first-order valence-corrected chi connectivity index (χ1v) is 6.38. The molecule has 102 valence electrons. The smallest absolute Gasteiger partial charge is 0.249 e. The molecular formula is C12H20N2O4. The molecule has 1 atom stereocenters. The van der Waals surface area contributed by atoms with Crippen molar-refractivity contribution >= 4 is 11.8 Å². The Hall–Kier alpha value is -1.14. The molecule has 2 saturated heterocycles. The van der Waals surface area contributed by atoms with Crippen LogP contribution in [0.2, 0.25) is 0 Å². The van der Waals surface area contributed by atoms with E-state index in [1.165, 1.54) is 0 Å². The number of morpholine rings is 1. The third kappa shape index (κ3) is 3.43. The van der Waals surface area contributed by atoms with E-state index in [1.807, 2.05) is 0 Å². The van der Waals surface area contributed by atoms with Crippen molar-refractivity contribution in [2.75, 3.05) is 52.6 Å². The van der Waals surface area contributed by atoms with Crippen LogP contribution in [-0.2, 0) is 19.1 Å². The molecule has 0 aromatic rings. The van der Waals surface area contributed by atoms with E-state index in [0.717, 1.165) is 0 Å². The van der Waals surface area contributed by atoms with Crippen molar-refractivity contribution in [1.29, 1.82) is 0 Å². The van der Waals surface area contributed by atoms with Gasteiger partial charge in [0, 0.05) is 19.6 Å². The summed E-state index contributed by atoms with van der Waals surface area (Å²) < 4.78 is 10.4. The van der Waals surface area contributed by atoms with Crippen LogP contribution in [0.3, 0.4) is 0 Å². The lowest BCUT2D eigenvalue weighted by Gasteiger charge is -2.29. The maximum atomic E-state index is 12.1. The van der Waals surface area contributed by atoms with E-state index in [-0.39, 0.29) is 25.0 Å². The Morgan fingerprint density at radius 3 is 2.89 bits per heavy atom. The largest absolute Gasteiger partial charge is 0.379 e. The molecule has 6 nitrogen and oxygen atoms in total. The molecule has 0 N–H and O–H groups in total. The molecule has 0 radical (unpaired) electrons. The number of hydrogen-bond acceptors (Lipinski definition) is 4. The second-order valence-corrected chi connectivity index (χ2v) is 4.89. The molecule has 0 aromatic heterocycles. The molecule has 18 heavy (non-hydrogen) atoms. The van der Waals surface area contributed by atoms with Gasteiger partial charge in [0.1, 0.15) is 6.61 Å². The van der Waals surface area contributed by atoms with Crippen LogP contribution in [0.15, 0.2) is 0 Å². The van der Waals surface area contributed by atoms with Gasteiger partial charge in [-0.2, -0.15) is 0 Å². The summed E-state index contributed by atoms with van der Waals surface area (Å²) in [5.41, 5.74) is 0. The Kier molecular flexibility index (Phi) is 4.54. The van der Waals surface area contributed by atoms with Crippen LogP contribution in [0.1, 0.15) is 6.92 Å². The molecule has 2 aliphatic rings. The second kappa shape index (κ2) is 6.15. The van der Waals surface area contributed by atoms with E-state index in [9.17, 15) is 9.59 Å². The first-order chi connectivity index (χ1) is 8.66. The number of carbonyl (C=O) groups is 2. The topological polar surface area (TPSA) is 59.1 Å². The Bertz CT molecular complexity index is 321. The molecule has 2 rings (SSSR count). The molecule has 6 heteroatoms. The molecule has 2 aliphatic heterocycles. The number of rotatable bonds is 2. The van der Waals surface area contributed by atoms with E-state index in [4.69, 9.17) is 9.47 Å². The molecular weight excluding hydrogens is 236 g/mol. The summed E-state index contributed by atoms with van der Waals surface area (Å²) in [6.07, 6.45) is 0. The van der Waals surface area contributed by atoms with Crippen LogP contribution >= 0.6 is 0 Å². The molecule has 1 unspecified atom stereocenters. The van der Waals surface area contributed by atoms with Crippen molar-refractivity contribution in [2.45, 2.75) is 6.92 Å². The van der Waals surface area contributed by atoms with E-state index < -0.39 is 0 Å². The van der Waals surface area contributed by atoms with Crippen LogP contribution in [0, 0.1) is 5.92 Å². The van der Waals surface area contributed by atoms with E-state index in [0.29, 0.717) is 45.4 Å². The summed E-state index contributed by atoms with van der Waals surface area (Å²) in [5, 5.41) is 0. The van der Waals surface area contributed by atoms with Gasteiger partial charge in [-0.15, -0.1) is 0 Å². The highest BCUT2D eigenvalue weighted by molar-refractivity contribution is 5.85. The van der Waals surface area contributed by atoms with E-state index >= 15 is 0 Å². The molecule has 2 amide bonds. The predicted molar refractivity (Wildman–Crippen MR) is 64.0 cm³/mol. The number of carbonyl (C=O) groups excluding carboxylic acids is 2. The summed E-state index contributed by atoms with van der Waals surface area (Å²) in [5.74, 6) is 0.244. The highest BCUT2D eigenvalue weighted by Crippen LogP contribution is 2.08. The maximum Gasteiger partial charge on any atom is 0.249 e. The lowest BCUT2D eigenvalue weighted by Crippen LogP contribution is -2.48. The SMILES string of the molecule is CC1COCCN(C(=O)CN2CCOCC2=O)C1. The molecule has 2 fully saturated rings. The fraction of sp³-hybridized carbons (Fsp3) is 0.833. The van der Waals surface area contributed by atoms with Gasteiger partial charge >= 0.3 is 0 Å². The Morgan fingerprint density at radius 2 is 2.11 bits per heavy atom. The fourth-order valence-electron chi connectivity index (χ4n) is 2.19. The average molecular weight is 256 g/mol. The maximum absolute atomic E-state index is 12.1. The van der Waals surface area contributed by atoms with Gasteiger partial charge in [-0.1, -0.05) is 6.92 Å². The van der Waals surface area contributed by atoms with Crippen LogP contribution in [0.4, 0.5) is 0 Å². The summed E-state index contributed by atoms with van der Waals surface area (Å²) in [6, 6.07) is 0. The Morgan fingerprint density at radius 1 is 1.33 bits per heavy atom. The minimum absolute atomic E-state index is 0.00241. The van der Waals surface area contributed by atoms with Crippen LogP contribution in [0.5, 0.6) is 0 Å². The highest BCUT2D eigenvalue weighted by atomic mass is 16.5. The van der Waals surface area contributed by atoms with Crippen molar-refractivity contribution in [1.82, 2.24) is 9.80 Å². The van der Waals surface area contributed by atoms with E-state index in [1.54, 1.807) is 9.80 Å². The molecule has 2 heterocycles. The minimum Gasteiger partial charge on any atom is -0.379 e. The van der Waals surface area contributed by atoms with Crippen LogP contribution in [-0.4, -0.2) is 74.2 Å². The van der Waals surface area contributed by atoms with E-state index in [2.05, 4.69) is 6.92 Å². The van der Waals surface area contributed by atoms with Crippen molar-refractivity contribution in [3.05, 3.63) is 0 Å². The van der Waals surface area contributed by atoms with Gasteiger partial charge in [0.05, 0.1) is 26.4 Å². The zero-order valence-corrected chi connectivity index (χ0v) is 10.8. The van der Waals surface area contributed by atoms with Crippen molar-refractivity contribution in [3.63, 3.8) is 0 Å². The first-order valence-electron chi connectivity index (χ1n) is 6.38. The standard InChI is InChI=1S/C12H20N2O4/c1-10-6-13(2-4-17-8-10)11(15)7-14-3-5-18-9-12(14)16/h10H,2-9H2,1H3. The van der Waals surface area contributed by atoms with Gasteiger partial charge in [0.25, 0.3) is 0 Å². The molecule has 0 aliphatic carbocycles. The van der Waals surface area contributed by atoms with Gasteiger partial charge in [0.2, 0.25) is 11.8 Å². The average Bonchev–Trinajstić information content (AvgIpc) is 2.57. The quantitative estimate of drug-likeness (QED) is 0.658.